The van der Waals surface area contributed by atoms with Crippen LogP contribution in [-0.4, -0.2) is 11.1 Å². The lowest BCUT2D eigenvalue weighted by Gasteiger charge is -2.34. The first kappa shape index (κ1) is 10.0. The van der Waals surface area contributed by atoms with Crippen LogP contribution in [0.25, 0.3) is 0 Å². The second-order valence-electron chi connectivity index (χ2n) is 5.02. The molecule has 2 aliphatic carbocycles. The third kappa shape index (κ3) is 2.10. The maximum Gasteiger partial charge on any atom is 0.306 e. The van der Waals surface area contributed by atoms with Crippen molar-refractivity contribution in [3.05, 3.63) is 0 Å². The first-order valence-electron chi connectivity index (χ1n) is 6.00. The SMILES string of the molecule is O=C(O)C1CCCCC1CC1CCC1. The van der Waals surface area contributed by atoms with Crippen LogP contribution in [0, 0.1) is 17.8 Å². The summed E-state index contributed by atoms with van der Waals surface area (Å²) in [7, 11) is 0. The van der Waals surface area contributed by atoms with Gasteiger partial charge in [-0.15, -0.1) is 0 Å². The minimum Gasteiger partial charge on any atom is -0.481 e. The molecule has 2 unspecified atom stereocenters. The Balaban J connectivity index is 1.88. The molecule has 1 N–H and O–H groups in total. The fourth-order valence-corrected chi connectivity index (χ4v) is 2.97. The highest BCUT2D eigenvalue weighted by molar-refractivity contribution is 5.70. The fourth-order valence-electron chi connectivity index (χ4n) is 2.97. The second kappa shape index (κ2) is 4.33. The van der Waals surface area contributed by atoms with E-state index in [4.69, 9.17) is 5.11 Å². The van der Waals surface area contributed by atoms with Crippen LogP contribution in [0.1, 0.15) is 51.4 Å². The number of hydrogen-bond acceptors (Lipinski definition) is 1. The Morgan fingerprint density at radius 1 is 1.07 bits per heavy atom. The van der Waals surface area contributed by atoms with E-state index in [9.17, 15) is 4.79 Å². The van der Waals surface area contributed by atoms with Crippen molar-refractivity contribution >= 4 is 5.97 Å². The first-order chi connectivity index (χ1) is 6.77. The van der Waals surface area contributed by atoms with Crippen molar-refractivity contribution in [3.63, 3.8) is 0 Å². The Hall–Kier alpha value is -0.530. The molecule has 0 amide bonds. The molecule has 0 heterocycles. The zero-order valence-corrected chi connectivity index (χ0v) is 8.74. The van der Waals surface area contributed by atoms with E-state index in [0.29, 0.717) is 5.92 Å². The van der Waals surface area contributed by atoms with Gasteiger partial charge in [-0.25, -0.2) is 0 Å². The zero-order valence-electron chi connectivity index (χ0n) is 8.74. The molecule has 80 valence electrons. The smallest absolute Gasteiger partial charge is 0.306 e. The van der Waals surface area contributed by atoms with Gasteiger partial charge in [0.1, 0.15) is 0 Å². The molecule has 2 heteroatoms. The maximum atomic E-state index is 11.1. The van der Waals surface area contributed by atoms with Gasteiger partial charge in [-0.3, -0.25) is 4.79 Å². The van der Waals surface area contributed by atoms with Crippen molar-refractivity contribution in [1.29, 1.82) is 0 Å². The van der Waals surface area contributed by atoms with E-state index in [-0.39, 0.29) is 5.92 Å². The molecule has 0 bridgehead atoms. The molecule has 0 radical (unpaired) electrons. The Kier molecular flexibility index (Phi) is 3.09. The van der Waals surface area contributed by atoms with Crippen LogP contribution < -0.4 is 0 Å². The van der Waals surface area contributed by atoms with Crippen molar-refractivity contribution in [1.82, 2.24) is 0 Å². The zero-order chi connectivity index (χ0) is 9.97. The van der Waals surface area contributed by atoms with Crippen LogP contribution in [-0.2, 0) is 4.79 Å². The van der Waals surface area contributed by atoms with Gasteiger partial charge < -0.3 is 5.11 Å². The number of hydrogen-bond donors (Lipinski definition) is 1. The van der Waals surface area contributed by atoms with Crippen LogP contribution in [0.3, 0.4) is 0 Å². The van der Waals surface area contributed by atoms with Crippen LogP contribution >= 0.6 is 0 Å². The Morgan fingerprint density at radius 2 is 1.79 bits per heavy atom. The first-order valence-corrected chi connectivity index (χ1v) is 6.00. The van der Waals surface area contributed by atoms with Crippen LogP contribution in [0.4, 0.5) is 0 Å². The summed E-state index contributed by atoms with van der Waals surface area (Å²) < 4.78 is 0. The molecule has 2 atom stereocenters. The summed E-state index contributed by atoms with van der Waals surface area (Å²) in [5.74, 6) is 0.782. The fraction of sp³-hybridized carbons (Fsp3) is 0.917. The van der Waals surface area contributed by atoms with E-state index >= 15 is 0 Å². The summed E-state index contributed by atoms with van der Waals surface area (Å²) in [4.78, 5) is 11.1. The van der Waals surface area contributed by atoms with Crippen molar-refractivity contribution in [2.24, 2.45) is 17.8 Å². The summed E-state index contributed by atoms with van der Waals surface area (Å²) in [6.07, 6.45) is 9.72. The number of carboxylic acids is 1. The van der Waals surface area contributed by atoms with Crippen LogP contribution in [0.2, 0.25) is 0 Å². The highest BCUT2D eigenvalue weighted by Crippen LogP contribution is 2.40. The molecule has 2 aliphatic rings. The van der Waals surface area contributed by atoms with Gasteiger partial charge in [-0.2, -0.15) is 0 Å². The summed E-state index contributed by atoms with van der Waals surface area (Å²) >= 11 is 0. The molecule has 0 aromatic carbocycles. The van der Waals surface area contributed by atoms with Crippen LogP contribution in [0.5, 0.6) is 0 Å². The molecule has 2 nitrogen and oxygen atoms in total. The lowest BCUT2D eigenvalue weighted by Crippen LogP contribution is -2.29. The molecule has 0 aromatic heterocycles. The quantitative estimate of drug-likeness (QED) is 0.753. The van der Waals surface area contributed by atoms with E-state index in [0.717, 1.165) is 25.2 Å². The lowest BCUT2D eigenvalue weighted by molar-refractivity contribution is -0.145. The predicted molar refractivity (Wildman–Crippen MR) is 55.0 cm³/mol. The number of rotatable bonds is 3. The highest BCUT2D eigenvalue weighted by atomic mass is 16.4. The molecule has 14 heavy (non-hydrogen) atoms. The third-order valence-corrected chi connectivity index (χ3v) is 4.09. The summed E-state index contributed by atoms with van der Waals surface area (Å²) in [5, 5.41) is 9.11. The second-order valence-corrected chi connectivity index (χ2v) is 5.02. The van der Waals surface area contributed by atoms with E-state index in [1.807, 2.05) is 0 Å². The molecule has 2 rings (SSSR count). The summed E-state index contributed by atoms with van der Waals surface area (Å²) in [6.45, 7) is 0. The molecule has 0 spiro atoms. The van der Waals surface area contributed by atoms with Gasteiger partial charge in [0.15, 0.2) is 0 Å². The monoisotopic (exact) mass is 196 g/mol. The average molecular weight is 196 g/mol. The van der Waals surface area contributed by atoms with Gasteiger partial charge in [0, 0.05) is 0 Å². The van der Waals surface area contributed by atoms with Gasteiger partial charge in [-0.05, 0) is 31.1 Å². The molecular weight excluding hydrogens is 176 g/mol. The Morgan fingerprint density at radius 3 is 2.36 bits per heavy atom. The van der Waals surface area contributed by atoms with Crippen LogP contribution in [0.15, 0.2) is 0 Å². The largest absolute Gasteiger partial charge is 0.481 e. The topological polar surface area (TPSA) is 37.3 Å². The predicted octanol–water partition coefficient (Wildman–Crippen LogP) is 3.07. The van der Waals surface area contributed by atoms with Gasteiger partial charge >= 0.3 is 5.97 Å². The summed E-state index contributed by atoms with van der Waals surface area (Å²) in [5.41, 5.74) is 0. The van der Waals surface area contributed by atoms with E-state index in [2.05, 4.69) is 0 Å². The Labute approximate surface area is 85.7 Å². The standard InChI is InChI=1S/C12H20O2/c13-12(14)11-7-2-1-6-10(11)8-9-4-3-5-9/h9-11H,1-8H2,(H,13,14). The van der Waals surface area contributed by atoms with E-state index in [1.54, 1.807) is 0 Å². The molecule has 2 saturated carbocycles. The molecular formula is C12H20O2. The molecule has 2 fully saturated rings. The minimum absolute atomic E-state index is 0.0238. The van der Waals surface area contributed by atoms with Gasteiger partial charge in [0.25, 0.3) is 0 Å². The number of carbonyl (C=O) groups is 1. The molecule has 0 aromatic rings. The van der Waals surface area contributed by atoms with Gasteiger partial charge in [-0.1, -0.05) is 32.1 Å². The number of carboxylic acid groups (broad SMARTS) is 1. The minimum atomic E-state index is -0.547. The lowest BCUT2D eigenvalue weighted by atomic mass is 9.70. The van der Waals surface area contributed by atoms with Crippen molar-refractivity contribution in [2.45, 2.75) is 51.4 Å². The Bertz CT molecular complexity index is 208. The third-order valence-electron chi connectivity index (χ3n) is 4.09. The van der Waals surface area contributed by atoms with Crippen molar-refractivity contribution in [3.8, 4) is 0 Å². The number of aliphatic carboxylic acids is 1. The highest BCUT2D eigenvalue weighted by Gasteiger charge is 2.33. The van der Waals surface area contributed by atoms with E-state index in [1.165, 1.54) is 32.1 Å². The summed E-state index contributed by atoms with van der Waals surface area (Å²) in [6, 6.07) is 0. The average Bonchev–Trinajstić information content (AvgIpc) is 2.12. The normalized spacial score (nSPS) is 33.7. The molecule has 0 saturated heterocycles. The van der Waals surface area contributed by atoms with Crippen molar-refractivity contribution < 1.29 is 9.90 Å². The van der Waals surface area contributed by atoms with E-state index < -0.39 is 5.97 Å². The maximum absolute atomic E-state index is 11.1. The van der Waals surface area contributed by atoms with Crippen molar-refractivity contribution in [2.75, 3.05) is 0 Å². The van der Waals surface area contributed by atoms with Gasteiger partial charge in [0.2, 0.25) is 0 Å². The molecule has 0 aliphatic heterocycles. The van der Waals surface area contributed by atoms with Gasteiger partial charge in [0.05, 0.1) is 5.92 Å².